The second kappa shape index (κ2) is 6.76. The first-order valence-corrected chi connectivity index (χ1v) is 6.44. The van der Waals surface area contributed by atoms with Crippen molar-refractivity contribution in [3.63, 3.8) is 0 Å². The molecule has 0 fully saturated rings. The van der Waals surface area contributed by atoms with E-state index in [1.165, 1.54) is 0 Å². The summed E-state index contributed by atoms with van der Waals surface area (Å²) in [5.74, 6) is 0.478. The predicted molar refractivity (Wildman–Crippen MR) is 78.3 cm³/mol. The Morgan fingerprint density at radius 2 is 1.95 bits per heavy atom. The van der Waals surface area contributed by atoms with E-state index in [1.807, 2.05) is 0 Å². The second-order valence-corrected chi connectivity index (χ2v) is 4.62. The van der Waals surface area contributed by atoms with Gasteiger partial charge in [0.1, 0.15) is 5.76 Å². The number of rotatable bonds is 4. The van der Waals surface area contributed by atoms with Crippen LogP contribution in [0.2, 0.25) is 5.02 Å². The number of halogens is 1. The highest BCUT2D eigenvalue weighted by atomic mass is 35.5. The molecule has 0 unspecified atom stereocenters. The Labute approximate surface area is 125 Å². The normalized spacial score (nSPS) is 10.0. The largest absolute Gasteiger partial charge is 0.360 e. The molecule has 2 rings (SSSR count). The average Bonchev–Trinajstić information content (AvgIpc) is 2.84. The average molecular weight is 309 g/mol. The van der Waals surface area contributed by atoms with Crippen LogP contribution >= 0.6 is 11.6 Å². The van der Waals surface area contributed by atoms with Gasteiger partial charge in [-0.05, 0) is 31.2 Å². The summed E-state index contributed by atoms with van der Waals surface area (Å²) < 4.78 is 4.80. The Morgan fingerprint density at radius 3 is 2.57 bits per heavy atom. The number of nitrogens with one attached hydrogen (secondary N) is 3. The van der Waals surface area contributed by atoms with E-state index in [4.69, 9.17) is 16.1 Å². The van der Waals surface area contributed by atoms with Crippen LogP contribution in [-0.4, -0.2) is 23.6 Å². The Hall–Kier alpha value is -2.54. The van der Waals surface area contributed by atoms with Crippen LogP contribution in [0.25, 0.3) is 0 Å². The Bertz CT molecular complexity index is 639. The fourth-order valence-electron chi connectivity index (χ4n) is 1.48. The lowest BCUT2D eigenvalue weighted by atomic mass is 10.3. The van der Waals surface area contributed by atoms with Crippen LogP contribution in [0.15, 0.2) is 34.9 Å². The number of urea groups is 1. The monoisotopic (exact) mass is 308 g/mol. The minimum atomic E-state index is -0.496. The molecule has 7 nitrogen and oxygen atoms in total. The molecule has 1 heterocycles. The third kappa shape index (κ3) is 4.81. The molecule has 2 aromatic rings. The minimum absolute atomic E-state index is 0.189. The first-order valence-electron chi connectivity index (χ1n) is 6.06. The first kappa shape index (κ1) is 14.9. The summed E-state index contributed by atoms with van der Waals surface area (Å²) in [7, 11) is 0. The highest BCUT2D eigenvalue weighted by Crippen LogP contribution is 2.13. The van der Waals surface area contributed by atoms with Crippen molar-refractivity contribution in [1.29, 1.82) is 0 Å². The SMILES string of the molecule is Cc1cc(NC(=O)CNC(=O)Nc2ccc(Cl)cc2)no1. The summed E-state index contributed by atoms with van der Waals surface area (Å²) >= 11 is 5.73. The molecule has 1 aromatic heterocycles. The van der Waals surface area contributed by atoms with E-state index in [1.54, 1.807) is 37.3 Å². The van der Waals surface area contributed by atoms with Crippen molar-refractivity contribution in [2.24, 2.45) is 0 Å². The van der Waals surface area contributed by atoms with Crippen LogP contribution in [-0.2, 0) is 4.79 Å². The first-order chi connectivity index (χ1) is 10.0. The van der Waals surface area contributed by atoms with Gasteiger partial charge >= 0.3 is 6.03 Å². The van der Waals surface area contributed by atoms with E-state index in [2.05, 4.69) is 21.1 Å². The van der Waals surface area contributed by atoms with Crippen LogP contribution in [0.5, 0.6) is 0 Å². The van der Waals surface area contributed by atoms with Crippen molar-refractivity contribution < 1.29 is 14.1 Å². The molecule has 0 spiro atoms. The number of aromatic nitrogens is 1. The van der Waals surface area contributed by atoms with Crippen molar-refractivity contribution in [1.82, 2.24) is 10.5 Å². The van der Waals surface area contributed by atoms with E-state index in [9.17, 15) is 9.59 Å². The molecule has 0 aliphatic heterocycles. The number of benzene rings is 1. The molecule has 1 aromatic carbocycles. The summed E-state index contributed by atoms with van der Waals surface area (Å²) in [6.07, 6.45) is 0. The lowest BCUT2D eigenvalue weighted by molar-refractivity contribution is -0.115. The van der Waals surface area contributed by atoms with E-state index >= 15 is 0 Å². The summed E-state index contributed by atoms with van der Waals surface area (Å²) in [5, 5.41) is 11.7. The second-order valence-electron chi connectivity index (χ2n) is 4.19. The summed E-state index contributed by atoms with van der Waals surface area (Å²) in [4.78, 5) is 23.2. The van der Waals surface area contributed by atoms with Crippen molar-refractivity contribution in [3.8, 4) is 0 Å². The smallest absolute Gasteiger partial charge is 0.319 e. The molecular formula is C13H13ClN4O3. The molecule has 8 heteroatoms. The van der Waals surface area contributed by atoms with Gasteiger partial charge < -0.3 is 20.5 Å². The maximum Gasteiger partial charge on any atom is 0.319 e. The van der Waals surface area contributed by atoms with Crippen LogP contribution in [0, 0.1) is 6.92 Å². The zero-order chi connectivity index (χ0) is 15.2. The van der Waals surface area contributed by atoms with Gasteiger partial charge in [0, 0.05) is 16.8 Å². The predicted octanol–water partition coefficient (Wildman–Crippen LogP) is 2.40. The maximum atomic E-state index is 11.6. The minimum Gasteiger partial charge on any atom is -0.360 e. The molecular weight excluding hydrogens is 296 g/mol. The molecule has 0 aliphatic rings. The number of anilines is 2. The van der Waals surface area contributed by atoms with Gasteiger partial charge in [-0.3, -0.25) is 4.79 Å². The fraction of sp³-hybridized carbons (Fsp3) is 0.154. The quantitative estimate of drug-likeness (QED) is 0.808. The van der Waals surface area contributed by atoms with Gasteiger partial charge in [-0.25, -0.2) is 4.79 Å². The summed E-state index contributed by atoms with van der Waals surface area (Å²) in [5.41, 5.74) is 0.574. The molecule has 0 atom stereocenters. The topological polar surface area (TPSA) is 96.3 Å². The van der Waals surface area contributed by atoms with Gasteiger partial charge in [0.05, 0.1) is 6.54 Å². The van der Waals surface area contributed by atoms with E-state index in [0.29, 0.717) is 22.3 Å². The van der Waals surface area contributed by atoms with E-state index < -0.39 is 11.9 Å². The molecule has 0 aliphatic carbocycles. The van der Waals surface area contributed by atoms with Crippen LogP contribution in [0.3, 0.4) is 0 Å². The van der Waals surface area contributed by atoms with Gasteiger partial charge in [0.25, 0.3) is 0 Å². The fourth-order valence-corrected chi connectivity index (χ4v) is 1.61. The zero-order valence-electron chi connectivity index (χ0n) is 11.1. The summed E-state index contributed by atoms with van der Waals surface area (Å²) in [6, 6.07) is 7.68. The molecule has 0 saturated heterocycles. The number of nitrogens with zero attached hydrogens (tertiary/aromatic N) is 1. The number of amides is 3. The molecule has 3 amide bonds. The van der Waals surface area contributed by atoms with Crippen LogP contribution in [0.4, 0.5) is 16.3 Å². The van der Waals surface area contributed by atoms with E-state index in [-0.39, 0.29) is 6.54 Å². The summed E-state index contributed by atoms with van der Waals surface area (Å²) in [6.45, 7) is 1.52. The Morgan fingerprint density at radius 1 is 1.24 bits per heavy atom. The van der Waals surface area contributed by atoms with Crippen LogP contribution in [0.1, 0.15) is 5.76 Å². The third-order valence-electron chi connectivity index (χ3n) is 2.41. The Balaban J connectivity index is 1.75. The van der Waals surface area contributed by atoms with Gasteiger partial charge in [0.15, 0.2) is 5.82 Å². The lowest BCUT2D eigenvalue weighted by Crippen LogP contribution is -2.35. The zero-order valence-corrected chi connectivity index (χ0v) is 11.9. The number of hydrogen-bond acceptors (Lipinski definition) is 4. The lowest BCUT2D eigenvalue weighted by Gasteiger charge is -2.07. The highest BCUT2D eigenvalue weighted by Gasteiger charge is 2.08. The van der Waals surface area contributed by atoms with Gasteiger partial charge in [-0.2, -0.15) is 0 Å². The Kier molecular flexibility index (Phi) is 4.78. The molecule has 0 radical (unpaired) electrons. The molecule has 0 saturated carbocycles. The van der Waals surface area contributed by atoms with Crippen molar-refractivity contribution in [2.75, 3.05) is 17.2 Å². The van der Waals surface area contributed by atoms with Crippen molar-refractivity contribution in [2.45, 2.75) is 6.92 Å². The standard InChI is InChI=1S/C13H13ClN4O3/c1-8-6-11(18-21-8)17-12(19)7-15-13(20)16-10-4-2-9(14)3-5-10/h2-6H,7H2,1H3,(H2,15,16,20)(H,17,18,19). The van der Waals surface area contributed by atoms with Crippen molar-refractivity contribution in [3.05, 3.63) is 41.1 Å². The number of aryl methyl sites for hydroxylation is 1. The third-order valence-corrected chi connectivity index (χ3v) is 2.66. The number of hydrogen-bond donors (Lipinski definition) is 3. The van der Waals surface area contributed by atoms with Gasteiger partial charge in [-0.1, -0.05) is 16.8 Å². The molecule has 3 N–H and O–H groups in total. The number of carbonyl (C=O) groups is 2. The number of carbonyl (C=O) groups excluding carboxylic acids is 2. The highest BCUT2D eigenvalue weighted by molar-refractivity contribution is 6.30. The van der Waals surface area contributed by atoms with E-state index in [0.717, 1.165) is 0 Å². The maximum absolute atomic E-state index is 11.6. The van der Waals surface area contributed by atoms with Crippen LogP contribution < -0.4 is 16.0 Å². The molecule has 110 valence electrons. The van der Waals surface area contributed by atoms with Crippen molar-refractivity contribution >= 4 is 35.0 Å². The van der Waals surface area contributed by atoms with Gasteiger partial charge in [-0.15, -0.1) is 0 Å². The molecule has 21 heavy (non-hydrogen) atoms. The van der Waals surface area contributed by atoms with Gasteiger partial charge in [0.2, 0.25) is 5.91 Å². The molecule has 0 bridgehead atoms.